The number of benzene rings is 1. The van der Waals surface area contributed by atoms with E-state index < -0.39 is 44.4 Å². The van der Waals surface area contributed by atoms with Gasteiger partial charge in [-0.1, -0.05) is 13.8 Å². The maximum atomic E-state index is 12.9. The molecule has 27 heavy (non-hydrogen) atoms. The second-order valence-corrected chi connectivity index (χ2v) is 7.78. The fourth-order valence-electron chi connectivity index (χ4n) is 2.90. The van der Waals surface area contributed by atoms with E-state index in [1.54, 1.807) is 0 Å². The van der Waals surface area contributed by atoms with Crippen molar-refractivity contribution in [3.63, 3.8) is 0 Å². The average molecular weight is 419 g/mol. The number of halogens is 6. The SMILES string of the molecule is CCN1CC(NS(=O)(=O)c2cc(C(F)(F)F)cc(C(F)(F)F)c2)CN1CC. The molecule has 0 radical (unpaired) electrons. The van der Waals surface area contributed by atoms with E-state index in [1.165, 1.54) is 0 Å². The Morgan fingerprint density at radius 2 is 1.33 bits per heavy atom. The van der Waals surface area contributed by atoms with Crippen molar-refractivity contribution >= 4 is 10.0 Å². The molecule has 0 saturated carbocycles. The van der Waals surface area contributed by atoms with Crippen LogP contribution in [0.2, 0.25) is 0 Å². The van der Waals surface area contributed by atoms with Crippen LogP contribution in [0.1, 0.15) is 25.0 Å². The number of nitrogens with zero attached hydrogens (tertiary/aromatic N) is 2. The van der Waals surface area contributed by atoms with E-state index >= 15 is 0 Å². The molecule has 0 amide bonds. The predicted molar refractivity (Wildman–Crippen MR) is 85.0 cm³/mol. The summed E-state index contributed by atoms with van der Waals surface area (Å²) in [6.45, 7) is 5.43. The van der Waals surface area contributed by atoms with E-state index in [-0.39, 0.29) is 31.3 Å². The van der Waals surface area contributed by atoms with Crippen LogP contribution in [-0.4, -0.2) is 50.7 Å². The zero-order chi connectivity index (χ0) is 20.6. The summed E-state index contributed by atoms with van der Waals surface area (Å²) in [5, 5.41) is 3.70. The summed E-state index contributed by atoms with van der Waals surface area (Å²) >= 11 is 0. The molecular formula is C15H19F6N3O2S. The first-order chi connectivity index (χ1) is 12.3. The average Bonchev–Trinajstić information content (AvgIpc) is 2.94. The van der Waals surface area contributed by atoms with Crippen molar-refractivity contribution in [3.8, 4) is 0 Å². The number of nitrogens with one attached hydrogen (secondary N) is 1. The minimum absolute atomic E-state index is 0.105. The lowest BCUT2D eigenvalue weighted by Gasteiger charge is -2.24. The van der Waals surface area contributed by atoms with Crippen molar-refractivity contribution in [2.24, 2.45) is 0 Å². The lowest BCUT2D eigenvalue weighted by molar-refractivity contribution is -0.143. The van der Waals surface area contributed by atoms with Gasteiger partial charge in [0.2, 0.25) is 10.0 Å². The Morgan fingerprint density at radius 3 is 1.67 bits per heavy atom. The van der Waals surface area contributed by atoms with Crippen LogP contribution in [0.25, 0.3) is 0 Å². The van der Waals surface area contributed by atoms with Gasteiger partial charge in [-0.25, -0.2) is 23.2 Å². The van der Waals surface area contributed by atoms with Crippen LogP contribution >= 0.6 is 0 Å². The van der Waals surface area contributed by atoms with Gasteiger partial charge in [-0.15, -0.1) is 0 Å². The quantitative estimate of drug-likeness (QED) is 0.746. The number of alkyl halides is 6. The van der Waals surface area contributed by atoms with E-state index in [9.17, 15) is 34.8 Å². The van der Waals surface area contributed by atoms with E-state index in [2.05, 4.69) is 4.72 Å². The van der Waals surface area contributed by atoms with Gasteiger partial charge in [-0.3, -0.25) is 0 Å². The van der Waals surface area contributed by atoms with Crippen LogP contribution in [0.15, 0.2) is 23.1 Å². The molecule has 1 fully saturated rings. The van der Waals surface area contributed by atoms with Crippen molar-refractivity contribution in [2.45, 2.75) is 37.1 Å². The molecule has 2 rings (SSSR count). The molecule has 154 valence electrons. The van der Waals surface area contributed by atoms with Crippen molar-refractivity contribution < 1.29 is 34.8 Å². The Balaban J connectivity index is 2.38. The van der Waals surface area contributed by atoms with Gasteiger partial charge in [-0.2, -0.15) is 26.3 Å². The maximum Gasteiger partial charge on any atom is 0.416 e. The molecule has 1 aliphatic rings. The Labute approximate surface area is 153 Å². The minimum Gasteiger partial charge on any atom is -0.240 e. The molecule has 1 aromatic rings. The van der Waals surface area contributed by atoms with Crippen LogP contribution in [0.5, 0.6) is 0 Å². The van der Waals surface area contributed by atoms with E-state index in [0.29, 0.717) is 13.1 Å². The van der Waals surface area contributed by atoms with Gasteiger partial charge in [-0.05, 0) is 18.2 Å². The van der Waals surface area contributed by atoms with Gasteiger partial charge < -0.3 is 0 Å². The van der Waals surface area contributed by atoms with E-state index in [4.69, 9.17) is 0 Å². The normalized spacial score (nSPS) is 18.4. The molecule has 0 spiro atoms. The van der Waals surface area contributed by atoms with Crippen LogP contribution in [0.4, 0.5) is 26.3 Å². The van der Waals surface area contributed by atoms with Crippen LogP contribution in [-0.2, 0) is 22.4 Å². The maximum absolute atomic E-state index is 12.9. The summed E-state index contributed by atoms with van der Waals surface area (Å²) in [7, 11) is -4.58. The molecule has 5 nitrogen and oxygen atoms in total. The zero-order valence-corrected chi connectivity index (χ0v) is 15.3. The second kappa shape index (κ2) is 7.57. The first kappa shape index (κ1) is 21.9. The van der Waals surface area contributed by atoms with Gasteiger partial charge in [0.05, 0.1) is 22.1 Å². The standard InChI is InChI=1S/C15H19F6N3O2S/c1-3-23-8-12(9-24(23)4-2)22-27(25,26)13-6-10(14(16,17)18)5-11(7-13)15(19,20)21/h5-7,12,22H,3-4,8-9H2,1-2H3. The van der Waals surface area contributed by atoms with E-state index in [0.717, 1.165) is 0 Å². The van der Waals surface area contributed by atoms with Gasteiger partial charge in [0, 0.05) is 26.2 Å². The van der Waals surface area contributed by atoms with E-state index in [1.807, 2.05) is 23.9 Å². The topological polar surface area (TPSA) is 52.7 Å². The summed E-state index contributed by atoms with van der Waals surface area (Å²) in [6, 6.07) is -0.339. The summed E-state index contributed by atoms with van der Waals surface area (Å²) in [4.78, 5) is -1.07. The number of likely N-dealkylation sites (N-methyl/N-ethyl adjacent to an activating group) is 2. The lowest BCUT2D eigenvalue weighted by Crippen LogP contribution is -2.38. The molecule has 0 atom stereocenters. The first-order valence-electron chi connectivity index (χ1n) is 8.09. The van der Waals surface area contributed by atoms with Gasteiger partial charge in [0.15, 0.2) is 0 Å². The Bertz CT molecular complexity index is 734. The van der Waals surface area contributed by atoms with Gasteiger partial charge >= 0.3 is 12.4 Å². The molecular weight excluding hydrogens is 400 g/mol. The highest BCUT2D eigenvalue weighted by Crippen LogP contribution is 2.37. The summed E-state index contributed by atoms with van der Waals surface area (Å²) in [5.41, 5.74) is -3.34. The van der Waals surface area contributed by atoms with Crippen molar-refractivity contribution in [1.29, 1.82) is 0 Å². The molecule has 0 aromatic heterocycles. The van der Waals surface area contributed by atoms with Crippen molar-refractivity contribution in [3.05, 3.63) is 29.3 Å². The van der Waals surface area contributed by atoms with Crippen molar-refractivity contribution in [2.75, 3.05) is 26.2 Å². The molecule has 1 aromatic carbocycles. The summed E-state index contributed by atoms with van der Waals surface area (Å²) < 4.78 is 105. The number of rotatable bonds is 5. The molecule has 1 aliphatic heterocycles. The Morgan fingerprint density at radius 1 is 0.926 bits per heavy atom. The third-order valence-electron chi connectivity index (χ3n) is 4.19. The number of hydrazine groups is 1. The van der Waals surface area contributed by atoms with Gasteiger partial charge in [0.1, 0.15) is 0 Å². The molecule has 12 heteroatoms. The third kappa shape index (κ3) is 5.12. The highest BCUT2D eigenvalue weighted by molar-refractivity contribution is 7.89. The largest absolute Gasteiger partial charge is 0.416 e. The zero-order valence-electron chi connectivity index (χ0n) is 14.5. The molecule has 0 bridgehead atoms. The second-order valence-electron chi connectivity index (χ2n) is 6.07. The summed E-state index contributed by atoms with van der Waals surface area (Å²) in [6.07, 6.45) is -10.2. The Kier molecular flexibility index (Phi) is 6.15. The number of hydrogen-bond donors (Lipinski definition) is 1. The molecule has 0 unspecified atom stereocenters. The number of hydrogen-bond acceptors (Lipinski definition) is 4. The third-order valence-corrected chi connectivity index (χ3v) is 5.69. The van der Waals surface area contributed by atoms with Gasteiger partial charge in [0.25, 0.3) is 0 Å². The molecule has 1 saturated heterocycles. The lowest BCUT2D eigenvalue weighted by atomic mass is 10.1. The number of sulfonamides is 1. The summed E-state index contributed by atoms with van der Waals surface area (Å²) in [5.74, 6) is 0. The Hall–Kier alpha value is -1.37. The van der Waals surface area contributed by atoms with Crippen LogP contribution in [0.3, 0.4) is 0 Å². The predicted octanol–water partition coefficient (Wildman–Crippen LogP) is 2.94. The molecule has 1 heterocycles. The first-order valence-corrected chi connectivity index (χ1v) is 9.57. The highest BCUT2D eigenvalue weighted by Gasteiger charge is 2.39. The smallest absolute Gasteiger partial charge is 0.240 e. The van der Waals surface area contributed by atoms with Crippen LogP contribution in [0, 0.1) is 0 Å². The fourth-order valence-corrected chi connectivity index (χ4v) is 4.19. The minimum atomic E-state index is -5.11. The highest BCUT2D eigenvalue weighted by atomic mass is 32.2. The molecule has 0 aliphatic carbocycles. The van der Waals surface area contributed by atoms with Crippen LogP contribution < -0.4 is 4.72 Å². The van der Waals surface area contributed by atoms with Crippen molar-refractivity contribution in [1.82, 2.24) is 14.7 Å². The monoisotopic (exact) mass is 419 g/mol. The molecule has 1 N–H and O–H groups in total. The fraction of sp³-hybridized carbons (Fsp3) is 0.600.